The van der Waals surface area contributed by atoms with Crippen molar-refractivity contribution in [3.63, 3.8) is 0 Å². The molecule has 1 aromatic heterocycles. The minimum absolute atomic E-state index is 0.0833. The minimum Gasteiger partial charge on any atom is -0.497 e. The Hall–Kier alpha value is -4.10. The Bertz CT molecular complexity index is 1480. The number of nitrogens with two attached hydrogens (primary N) is 1. The zero-order valence-corrected chi connectivity index (χ0v) is 18.6. The molecule has 2 aromatic carbocycles. The highest BCUT2D eigenvalue weighted by Crippen LogP contribution is 2.35. The molecule has 3 aromatic rings. The largest absolute Gasteiger partial charge is 0.497 e. The van der Waals surface area contributed by atoms with Gasteiger partial charge in [0.1, 0.15) is 17.1 Å². The predicted molar refractivity (Wildman–Crippen MR) is 119 cm³/mol. The van der Waals surface area contributed by atoms with E-state index < -0.39 is 27.7 Å². The standard InChI is InChI=1S/C21H19N5O7S/c1-32-14-4-2-11-9-26(18(27)15(11)8-14)10-21(19(28)23-20(29)24-21)17-7-12-6-13(25-34(22,30)31)3-5-16(12)33-17/h2-8,25H,9-10H2,1H3,(H2,22,30,31)(H2,23,24,28,29). The molecule has 0 saturated carbocycles. The molecule has 4 amide bonds. The molecular formula is C21H19N5O7S. The number of fused-ring (bicyclic) bond motifs is 2. The third kappa shape index (κ3) is 3.60. The molecule has 1 fully saturated rings. The fraction of sp³-hybridized carbons (Fsp3) is 0.190. The van der Waals surface area contributed by atoms with E-state index in [-0.39, 0.29) is 30.4 Å². The van der Waals surface area contributed by atoms with E-state index in [1.54, 1.807) is 18.2 Å². The summed E-state index contributed by atoms with van der Waals surface area (Å²) in [5.74, 6) is -0.393. The minimum atomic E-state index is -3.99. The second kappa shape index (κ2) is 7.46. The van der Waals surface area contributed by atoms with Gasteiger partial charge in [-0.05, 0) is 42.0 Å². The molecule has 13 heteroatoms. The zero-order chi connectivity index (χ0) is 24.3. The number of nitrogens with one attached hydrogen (secondary N) is 3. The summed E-state index contributed by atoms with van der Waals surface area (Å²) in [5, 5.41) is 10.3. The Morgan fingerprint density at radius 3 is 2.65 bits per heavy atom. The van der Waals surface area contributed by atoms with Gasteiger partial charge in [0.2, 0.25) is 0 Å². The summed E-state index contributed by atoms with van der Waals surface area (Å²) < 4.78 is 35.9. The summed E-state index contributed by atoms with van der Waals surface area (Å²) >= 11 is 0. The van der Waals surface area contributed by atoms with E-state index in [1.807, 2.05) is 0 Å². The van der Waals surface area contributed by atoms with Crippen LogP contribution in [0.15, 0.2) is 46.9 Å². The summed E-state index contributed by atoms with van der Waals surface area (Å²) in [6.45, 7) is 0.0359. The van der Waals surface area contributed by atoms with Crippen molar-refractivity contribution in [1.29, 1.82) is 0 Å². The van der Waals surface area contributed by atoms with Crippen LogP contribution in [-0.2, 0) is 27.1 Å². The van der Waals surface area contributed by atoms with Crippen molar-refractivity contribution in [3.05, 3.63) is 59.4 Å². The van der Waals surface area contributed by atoms with Gasteiger partial charge in [0.15, 0.2) is 5.54 Å². The molecular weight excluding hydrogens is 466 g/mol. The van der Waals surface area contributed by atoms with Crippen molar-refractivity contribution in [2.75, 3.05) is 18.4 Å². The highest BCUT2D eigenvalue weighted by molar-refractivity contribution is 7.90. The molecule has 2 aliphatic heterocycles. The molecule has 0 spiro atoms. The predicted octanol–water partition coefficient (Wildman–Crippen LogP) is 0.748. The van der Waals surface area contributed by atoms with Gasteiger partial charge in [-0.15, -0.1) is 0 Å². The van der Waals surface area contributed by atoms with Gasteiger partial charge in [0, 0.05) is 17.5 Å². The van der Waals surface area contributed by atoms with Crippen LogP contribution in [0.5, 0.6) is 5.75 Å². The summed E-state index contributed by atoms with van der Waals surface area (Å²) in [6.07, 6.45) is 0. The number of ether oxygens (including phenoxy) is 1. The average molecular weight is 485 g/mol. The molecule has 5 rings (SSSR count). The van der Waals surface area contributed by atoms with Crippen molar-refractivity contribution >= 4 is 44.7 Å². The maximum absolute atomic E-state index is 13.1. The SMILES string of the molecule is COc1ccc2c(c1)C(=O)N(CC1(c3cc4cc(NS(N)(=O)=O)ccc4o3)NC(=O)NC1=O)C2. The first-order valence-corrected chi connectivity index (χ1v) is 11.6. The third-order valence-corrected chi connectivity index (χ3v) is 6.28. The molecule has 2 aliphatic rings. The fourth-order valence-electron chi connectivity index (χ4n) is 4.22. The van der Waals surface area contributed by atoms with Gasteiger partial charge in [-0.3, -0.25) is 19.6 Å². The molecule has 1 atom stereocenters. The van der Waals surface area contributed by atoms with Crippen molar-refractivity contribution in [3.8, 4) is 5.75 Å². The zero-order valence-electron chi connectivity index (χ0n) is 17.7. The molecule has 1 saturated heterocycles. The van der Waals surface area contributed by atoms with E-state index in [0.29, 0.717) is 22.3 Å². The number of furan rings is 1. The molecule has 0 aliphatic carbocycles. The van der Waals surface area contributed by atoms with Gasteiger partial charge in [-0.2, -0.15) is 8.42 Å². The lowest BCUT2D eigenvalue weighted by molar-refractivity contribution is -0.125. The highest BCUT2D eigenvalue weighted by atomic mass is 32.2. The Kier molecular flexibility index (Phi) is 4.77. The van der Waals surface area contributed by atoms with Crippen LogP contribution in [0.3, 0.4) is 0 Å². The second-order valence-corrected chi connectivity index (χ2v) is 9.30. The number of hydrogen-bond acceptors (Lipinski definition) is 7. The van der Waals surface area contributed by atoms with E-state index in [9.17, 15) is 22.8 Å². The van der Waals surface area contributed by atoms with Crippen LogP contribution in [0.1, 0.15) is 21.7 Å². The first-order chi connectivity index (χ1) is 16.1. The van der Waals surface area contributed by atoms with Gasteiger partial charge < -0.3 is 19.4 Å². The van der Waals surface area contributed by atoms with E-state index >= 15 is 0 Å². The Morgan fingerprint density at radius 2 is 1.97 bits per heavy atom. The lowest BCUT2D eigenvalue weighted by Crippen LogP contribution is -2.52. The van der Waals surface area contributed by atoms with E-state index in [1.165, 1.54) is 36.3 Å². The van der Waals surface area contributed by atoms with Crippen molar-refractivity contribution in [1.82, 2.24) is 15.5 Å². The first kappa shape index (κ1) is 21.7. The quantitative estimate of drug-likeness (QED) is 0.373. The second-order valence-electron chi connectivity index (χ2n) is 8.01. The summed E-state index contributed by atoms with van der Waals surface area (Å²) in [4.78, 5) is 39.6. The number of rotatable bonds is 6. The Balaban J connectivity index is 1.52. The molecule has 0 radical (unpaired) electrons. The number of anilines is 1. The average Bonchev–Trinajstić information content (AvgIpc) is 3.41. The van der Waals surface area contributed by atoms with Crippen molar-refractivity contribution in [2.45, 2.75) is 12.1 Å². The van der Waals surface area contributed by atoms with Crippen LogP contribution in [0.2, 0.25) is 0 Å². The topological polar surface area (TPSA) is 173 Å². The van der Waals surface area contributed by atoms with Crippen LogP contribution < -0.4 is 25.2 Å². The van der Waals surface area contributed by atoms with E-state index in [0.717, 1.165) is 5.56 Å². The van der Waals surface area contributed by atoms with Crippen LogP contribution in [0.4, 0.5) is 10.5 Å². The molecule has 0 bridgehead atoms. The van der Waals surface area contributed by atoms with Gasteiger partial charge in [0.25, 0.3) is 22.0 Å². The van der Waals surface area contributed by atoms with Crippen LogP contribution in [-0.4, -0.2) is 44.8 Å². The number of carbonyl (C=O) groups excluding carboxylic acids is 3. The molecule has 1 unspecified atom stereocenters. The van der Waals surface area contributed by atoms with E-state index in [2.05, 4.69) is 15.4 Å². The highest BCUT2D eigenvalue weighted by Gasteiger charge is 2.53. The van der Waals surface area contributed by atoms with Crippen LogP contribution >= 0.6 is 0 Å². The van der Waals surface area contributed by atoms with Crippen LogP contribution in [0, 0.1) is 0 Å². The number of carbonyl (C=O) groups is 3. The Morgan fingerprint density at radius 1 is 1.18 bits per heavy atom. The fourth-order valence-corrected chi connectivity index (χ4v) is 4.67. The summed E-state index contributed by atoms with van der Waals surface area (Å²) in [5.41, 5.74) is 0.0434. The maximum Gasteiger partial charge on any atom is 0.322 e. The maximum atomic E-state index is 13.1. The number of hydrogen-bond donors (Lipinski definition) is 4. The number of urea groups is 1. The number of benzene rings is 2. The van der Waals surface area contributed by atoms with Crippen molar-refractivity contribution < 1.29 is 32.0 Å². The van der Waals surface area contributed by atoms with Gasteiger partial charge >= 0.3 is 6.03 Å². The van der Waals surface area contributed by atoms with Crippen LogP contribution in [0.25, 0.3) is 11.0 Å². The van der Waals surface area contributed by atoms with Crippen molar-refractivity contribution in [2.24, 2.45) is 5.14 Å². The lowest BCUT2D eigenvalue weighted by atomic mass is 9.95. The number of amides is 4. The monoisotopic (exact) mass is 485 g/mol. The number of nitrogens with zero attached hydrogens (tertiary/aromatic N) is 1. The molecule has 3 heterocycles. The number of methoxy groups -OCH3 is 1. The van der Waals surface area contributed by atoms with Gasteiger partial charge in [0.05, 0.1) is 19.3 Å². The number of imide groups is 1. The summed E-state index contributed by atoms with van der Waals surface area (Å²) in [6, 6.07) is 10.3. The van der Waals surface area contributed by atoms with Gasteiger partial charge in [-0.25, -0.2) is 9.93 Å². The molecule has 12 nitrogen and oxygen atoms in total. The van der Waals surface area contributed by atoms with E-state index in [4.69, 9.17) is 14.3 Å². The molecule has 176 valence electrons. The third-order valence-electron chi connectivity index (χ3n) is 5.76. The lowest BCUT2D eigenvalue weighted by Gasteiger charge is -2.29. The normalized spacial score (nSPS) is 19.8. The molecule has 34 heavy (non-hydrogen) atoms. The first-order valence-electron chi connectivity index (χ1n) is 10.0. The Labute approximate surface area is 193 Å². The van der Waals surface area contributed by atoms with Gasteiger partial charge in [-0.1, -0.05) is 6.07 Å². The summed E-state index contributed by atoms with van der Waals surface area (Å²) in [7, 11) is -2.49. The smallest absolute Gasteiger partial charge is 0.322 e. The molecule has 5 N–H and O–H groups in total.